The third-order valence-electron chi connectivity index (χ3n) is 3.59. The summed E-state index contributed by atoms with van der Waals surface area (Å²) < 4.78 is 57.0. The molecule has 0 saturated carbocycles. The molecule has 2 rings (SSSR count). The number of carbonyl (C=O) groups excluding carboxylic acids is 1. The van der Waals surface area contributed by atoms with Crippen LogP contribution in [0.15, 0.2) is 30.3 Å². The fraction of sp³-hybridized carbons (Fsp3) is 0.235. The van der Waals surface area contributed by atoms with Crippen molar-refractivity contribution in [2.75, 3.05) is 7.11 Å². The highest BCUT2D eigenvalue weighted by molar-refractivity contribution is 6.31. The predicted molar refractivity (Wildman–Crippen MR) is 81.7 cm³/mol. The molecule has 0 bridgehead atoms. The number of carbonyl (C=O) groups is 1. The van der Waals surface area contributed by atoms with Crippen LogP contribution in [0.3, 0.4) is 0 Å². The molecule has 0 heterocycles. The van der Waals surface area contributed by atoms with E-state index in [2.05, 4.69) is 4.74 Å². The quantitative estimate of drug-likeness (QED) is 0.556. The van der Waals surface area contributed by atoms with E-state index < -0.39 is 28.5 Å². The summed E-state index contributed by atoms with van der Waals surface area (Å²) in [5.41, 5.74) is 0.172. The first-order chi connectivity index (χ1) is 11.1. The van der Waals surface area contributed by atoms with Crippen molar-refractivity contribution in [2.24, 2.45) is 0 Å². The Morgan fingerprint density at radius 3 is 2.38 bits per heavy atom. The lowest BCUT2D eigenvalue weighted by Gasteiger charge is -2.15. The molecule has 0 unspecified atom stereocenters. The Hall–Kier alpha value is -2.08. The molecule has 0 atom stereocenters. The molecule has 0 aliphatic rings. The third kappa shape index (κ3) is 3.87. The standard InChI is InChI=1S/C17H13ClF4O2/c1-9-5-12(19)4-3-10(9)6-11-7-14(17(20,21)22)15(18)8-13(11)16(23)24-2/h3-5,7-8H,6H2,1-2H3. The lowest BCUT2D eigenvalue weighted by Crippen LogP contribution is -2.12. The molecule has 0 aliphatic carbocycles. The van der Waals surface area contributed by atoms with Gasteiger partial charge in [-0.2, -0.15) is 13.2 Å². The summed E-state index contributed by atoms with van der Waals surface area (Å²) in [6.45, 7) is 1.64. The zero-order chi connectivity index (χ0) is 18.1. The number of methoxy groups -OCH3 is 1. The van der Waals surface area contributed by atoms with Crippen LogP contribution in [0.2, 0.25) is 5.02 Å². The van der Waals surface area contributed by atoms with Gasteiger partial charge in [0.25, 0.3) is 0 Å². The van der Waals surface area contributed by atoms with Gasteiger partial charge in [-0.25, -0.2) is 9.18 Å². The highest BCUT2D eigenvalue weighted by Gasteiger charge is 2.34. The van der Waals surface area contributed by atoms with E-state index >= 15 is 0 Å². The second kappa shape index (κ2) is 6.81. The third-order valence-corrected chi connectivity index (χ3v) is 3.90. The number of hydrogen-bond donors (Lipinski definition) is 0. The number of alkyl halides is 3. The molecule has 0 aliphatic heterocycles. The van der Waals surface area contributed by atoms with Crippen LogP contribution in [0, 0.1) is 12.7 Å². The molecule has 128 valence electrons. The largest absolute Gasteiger partial charge is 0.465 e. The molecule has 0 amide bonds. The van der Waals surface area contributed by atoms with E-state index in [1.807, 2.05) is 0 Å². The summed E-state index contributed by atoms with van der Waals surface area (Å²) in [5.74, 6) is -1.24. The Kier molecular flexibility index (Phi) is 5.18. The van der Waals surface area contributed by atoms with Crippen LogP contribution in [-0.2, 0) is 17.3 Å². The van der Waals surface area contributed by atoms with E-state index in [1.54, 1.807) is 6.92 Å². The number of benzene rings is 2. The Balaban J connectivity index is 2.58. The number of esters is 1. The van der Waals surface area contributed by atoms with Crippen molar-refractivity contribution < 1.29 is 27.1 Å². The molecular weight excluding hydrogens is 348 g/mol. The molecule has 0 saturated heterocycles. The van der Waals surface area contributed by atoms with Crippen molar-refractivity contribution in [2.45, 2.75) is 19.5 Å². The van der Waals surface area contributed by atoms with Gasteiger partial charge in [0, 0.05) is 0 Å². The van der Waals surface area contributed by atoms with Crippen LogP contribution in [0.5, 0.6) is 0 Å². The second-order valence-electron chi connectivity index (χ2n) is 5.23. The van der Waals surface area contributed by atoms with Crippen molar-refractivity contribution >= 4 is 17.6 Å². The Morgan fingerprint density at radius 2 is 1.83 bits per heavy atom. The maximum Gasteiger partial charge on any atom is 0.417 e. The number of halogens is 5. The molecule has 2 aromatic carbocycles. The SMILES string of the molecule is COC(=O)c1cc(Cl)c(C(F)(F)F)cc1Cc1ccc(F)cc1C. The van der Waals surface area contributed by atoms with E-state index in [4.69, 9.17) is 11.6 Å². The first kappa shape index (κ1) is 18.3. The maximum absolute atomic E-state index is 13.2. The molecule has 0 fully saturated rings. The van der Waals surface area contributed by atoms with Gasteiger partial charge in [0.2, 0.25) is 0 Å². The lowest BCUT2D eigenvalue weighted by atomic mass is 9.95. The predicted octanol–water partition coefficient (Wildman–Crippen LogP) is 5.18. The average molecular weight is 361 g/mol. The van der Waals surface area contributed by atoms with Crippen molar-refractivity contribution in [3.05, 3.63) is 69.0 Å². The minimum Gasteiger partial charge on any atom is -0.465 e. The summed E-state index contributed by atoms with van der Waals surface area (Å²) in [4.78, 5) is 11.9. The summed E-state index contributed by atoms with van der Waals surface area (Å²) >= 11 is 5.66. The lowest BCUT2D eigenvalue weighted by molar-refractivity contribution is -0.137. The first-order valence-corrected chi connectivity index (χ1v) is 7.24. The number of ether oxygens (including phenoxy) is 1. The zero-order valence-corrected chi connectivity index (χ0v) is 13.6. The Labute approximate surface area is 141 Å². The van der Waals surface area contributed by atoms with E-state index in [-0.39, 0.29) is 17.5 Å². The van der Waals surface area contributed by atoms with Crippen molar-refractivity contribution in [1.29, 1.82) is 0 Å². The van der Waals surface area contributed by atoms with Crippen molar-refractivity contribution in [3.8, 4) is 0 Å². The Morgan fingerprint density at radius 1 is 1.17 bits per heavy atom. The van der Waals surface area contributed by atoms with Gasteiger partial charge in [-0.3, -0.25) is 0 Å². The summed E-state index contributed by atoms with van der Waals surface area (Å²) in [7, 11) is 1.13. The fourth-order valence-electron chi connectivity index (χ4n) is 2.34. The first-order valence-electron chi connectivity index (χ1n) is 6.86. The van der Waals surface area contributed by atoms with Gasteiger partial charge in [0.1, 0.15) is 5.82 Å². The zero-order valence-electron chi connectivity index (χ0n) is 12.8. The molecule has 24 heavy (non-hydrogen) atoms. The van der Waals surface area contributed by atoms with E-state index in [0.717, 1.165) is 19.2 Å². The monoisotopic (exact) mass is 360 g/mol. The molecular formula is C17H13ClF4O2. The number of hydrogen-bond acceptors (Lipinski definition) is 2. The maximum atomic E-state index is 13.2. The van der Waals surface area contributed by atoms with E-state index in [0.29, 0.717) is 11.1 Å². The minimum absolute atomic E-state index is 0.0107. The van der Waals surface area contributed by atoms with E-state index in [9.17, 15) is 22.4 Å². The Bertz CT molecular complexity index is 785. The van der Waals surface area contributed by atoms with Crippen LogP contribution in [-0.4, -0.2) is 13.1 Å². The van der Waals surface area contributed by atoms with Crippen LogP contribution in [0.25, 0.3) is 0 Å². The molecule has 0 spiro atoms. The molecule has 2 aromatic rings. The van der Waals surface area contributed by atoms with Crippen LogP contribution in [0.4, 0.5) is 17.6 Å². The minimum atomic E-state index is -4.65. The van der Waals surface area contributed by atoms with Crippen LogP contribution in [0.1, 0.15) is 32.6 Å². The summed E-state index contributed by atoms with van der Waals surface area (Å²) in [5, 5.41) is -0.581. The summed E-state index contributed by atoms with van der Waals surface area (Å²) in [6.07, 6.45) is -4.64. The van der Waals surface area contributed by atoms with Crippen molar-refractivity contribution in [1.82, 2.24) is 0 Å². The van der Waals surface area contributed by atoms with Gasteiger partial charge in [0.15, 0.2) is 0 Å². The molecule has 0 radical (unpaired) electrons. The number of rotatable bonds is 3. The highest BCUT2D eigenvalue weighted by atomic mass is 35.5. The average Bonchev–Trinajstić information content (AvgIpc) is 2.49. The van der Waals surface area contributed by atoms with Gasteiger partial charge in [-0.05, 0) is 54.3 Å². The van der Waals surface area contributed by atoms with Crippen LogP contribution < -0.4 is 0 Å². The molecule has 7 heteroatoms. The van der Waals surface area contributed by atoms with Gasteiger partial charge in [0.05, 0.1) is 23.3 Å². The number of aryl methyl sites for hydroxylation is 1. The van der Waals surface area contributed by atoms with Gasteiger partial charge >= 0.3 is 12.1 Å². The van der Waals surface area contributed by atoms with Gasteiger partial charge < -0.3 is 4.74 Å². The topological polar surface area (TPSA) is 26.3 Å². The van der Waals surface area contributed by atoms with Crippen LogP contribution >= 0.6 is 11.6 Å². The highest BCUT2D eigenvalue weighted by Crippen LogP contribution is 2.37. The summed E-state index contributed by atoms with van der Waals surface area (Å²) in [6, 6.07) is 5.73. The van der Waals surface area contributed by atoms with E-state index in [1.165, 1.54) is 18.2 Å². The fourth-order valence-corrected chi connectivity index (χ4v) is 2.62. The van der Waals surface area contributed by atoms with Gasteiger partial charge in [-0.15, -0.1) is 0 Å². The molecule has 0 N–H and O–H groups in total. The smallest absolute Gasteiger partial charge is 0.417 e. The van der Waals surface area contributed by atoms with Crippen molar-refractivity contribution in [3.63, 3.8) is 0 Å². The second-order valence-corrected chi connectivity index (χ2v) is 5.63. The molecule has 2 nitrogen and oxygen atoms in total. The molecule has 0 aromatic heterocycles. The van der Waals surface area contributed by atoms with Gasteiger partial charge in [-0.1, -0.05) is 17.7 Å². The normalized spacial score (nSPS) is 11.5.